The summed E-state index contributed by atoms with van der Waals surface area (Å²) in [6.07, 6.45) is 5.23. The second-order valence-electron chi connectivity index (χ2n) is 8.74. The van der Waals surface area contributed by atoms with Crippen molar-refractivity contribution in [2.75, 3.05) is 13.7 Å². The lowest BCUT2D eigenvalue weighted by molar-refractivity contribution is -0.136. The predicted molar refractivity (Wildman–Crippen MR) is 107 cm³/mol. The van der Waals surface area contributed by atoms with Gasteiger partial charge >= 0.3 is 6.03 Å². The van der Waals surface area contributed by atoms with Crippen molar-refractivity contribution in [2.24, 2.45) is 11.8 Å². The number of benzene rings is 1. The third-order valence-electron chi connectivity index (χ3n) is 6.56. The minimum atomic E-state index is -0.810. The Morgan fingerprint density at radius 1 is 1.21 bits per heavy atom. The van der Waals surface area contributed by atoms with Gasteiger partial charge in [0.05, 0.1) is 13.2 Å². The zero-order chi connectivity index (χ0) is 20.6. The smallest absolute Gasteiger partial charge is 0.325 e. The van der Waals surface area contributed by atoms with Gasteiger partial charge in [-0.3, -0.25) is 14.5 Å². The molecule has 29 heavy (non-hydrogen) atoms. The van der Waals surface area contributed by atoms with Crippen LogP contribution in [-0.4, -0.2) is 41.9 Å². The maximum Gasteiger partial charge on any atom is 0.325 e. The van der Waals surface area contributed by atoms with Crippen LogP contribution in [0.2, 0.25) is 0 Å². The molecule has 0 radical (unpaired) electrons. The van der Waals surface area contributed by atoms with E-state index in [-0.39, 0.29) is 24.4 Å². The van der Waals surface area contributed by atoms with Gasteiger partial charge in [0.15, 0.2) is 0 Å². The van der Waals surface area contributed by atoms with E-state index < -0.39 is 11.6 Å². The third kappa shape index (κ3) is 3.95. The van der Waals surface area contributed by atoms with Crippen LogP contribution in [0.4, 0.5) is 4.79 Å². The van der Waals surface area contributed by atoms with E-state index in [4.69, 9.17) is 4.74 Å². The van der Waals surface area contributed by atoms with Gasteiger partial charge in [0.25, 0.3) is 5.91 Å². The highest BCUT2D eigenvalue weighted by atomic mass is 16.5. The van der Waals surface area contributed by atoms with Crippen molar-refractivity contribution in [3.8, 4) is 5.75 Å². The molecule has 156 valence electrons. The molecule has 2 N–H and O–H groups in total. The average molecular weight is 399 g/mol. The van der Waals surface area contributed by atoms with Crippen molar-refractivity contribution < 1.29 is 19.1 Å². The lowest BCUT2D eigenvalue weighted by Gasteiger charge is -2.33. The van der Waals surface area contributed by atoms with E-state index in [1.807, 2.05) is 24.3 Å². The van der Waals surface area contributed by atoms with E-state index in [1.165, 1.54) is 0 Å². The summed E-state index contributed by atoms with van der Waals surface area (Å²) in [5, 5.41) is 5.92. The molecule has 0 aromatic heterocycles. The molecule has 2 aliphatic carbocycles. The van der Waals surface area contributed by atoms with Crippen LogP contribution in [-0.2, 0) is 9.59 Å². The molecule has 7 heteroatoms. The van der Waals surface area contributed by atoms with Gasteiger partial charge in [0, 0.05) is 0 Å². The van der Waals surface area contributed by atoms with Crippen LogP contribution in [0.1, 0.15) is 57.1 Å². The standard InChI is InChI=1S/C22H29N3O4/c1-14-9-11-22(12-10-14)20(27)25(21(28)24-22)13-18(26)23-19(15-3-4-15)16-5-7-17(29-2)8-6-16/h5-8,14-15,19H,3-4,9-13H2,1-2H3,(H,23,26)(H,24,28). The monoisotopic (exact) mass is 399 g/mol. The summed E-state index contributed by atoms with van der Waals surface area (Å²) < 4.78 is 5.20. The minimum Gasteiger partial charge on any atom is -0.497 e. The molecule has 3 aliphatic rings. The average Bonchev–Trinajstić information content (AvgIpc) is 3.53. The molecule has 4 rings (SSSR count). The number of nitrogens with one attached hydrogen (secondary N) is 2. The maximum absolute atomic E-state index is 13.0. The van der Waals surface area contributed by atoms with Gasteiger partial charge in [-0.05, 0) is 68.1 Å². The number of carbonyl (C=O) groups is 3. The van der Waals surface area contributed by atoms with Crippen molar-refractivity contribution in [3.63, 3.8) is 0 Å². The number of urea groups is 1. The number of imide groups is 1. The Morgan fingerprint density at radius 3 is 2.45 bits per heavy atom. The van der Waals surface area contributed by atoms with Crippen LogP contribution in [0, 0.1) is 11.8 Å². The van der Waals surface area contributed by atoms with E-state index in [1.54, 1.807) is 7.11 Å². The summed E-state index contributed by atoms with van der Waals surface area (Å²) in [7, 11) is 1.62. The summed E-state index contributed by atoms with van der Waals surface area (Å²) in [6, 6.07) is 7.09. The van der Waals surface area contributed by atoms with E-state index >= 15 is 0 Å². The Balaban J connectivity index is 1.41. The topological polar surface area (TPSA) is 87.7 Å². The van der Waals surface area contributed by atoms with E-state index in [9.17, 15) is 14.4 Å². The number of nitrogens with zero attached hydrogens (tertiary/aromatic N) is 1. The van der Waals surface area contributed by atoms with Crippen molar-refractivity contribution in [2.45, 2.75) is 57.0 Å². The van der Waals surface area contributed by atoms with Crippen LogP contribution in [0.25, 0.3) is 0 Å². The molecular weight excluding hydrogens is 370 g/mol. The Labute approximate surface area is 171 Å². The number of hydrogen-bond donors (Lipinski definition) is 2. The van der Waals surface area contributed by atoms with Gasteiger partial charge < -0.3 is 15.4 Å². The van der Waals surface area contributed by atoms with E-state index in [2.05, 4.69) is 17.6 Å². The van der Waals surface area contributed by atoms with Gasteiger partial charge in [-0.2, -0.15) is 0 Å². The summed E-state index contributed by atoms with van der Waals surface area (Å²) in [5.74, 6) is 1.16. The fourth-order valence-corrected chi connectivity index (χ4v) is 4.49. The molecule has 1 atom stereocenters. The van der Waals surface area contributed by atoms with Gasteiger partial charge in [0.2, 0.25) is 5.91 Å². The number of rotatable bonds is 6. The van der Waals surface area contributed by atoms with Crippen molar-refractivity contribution in [3.05, 3.63) is 29.8 Å². The normalized spacial score (nSPS) is 27.7. The lowest BCUT2D eigenvalue weighted by Crippen LogP contribution is -2.50. The summed E-state index contributed by atoms with van der Waals surface area (Å²) in [4.78, 5) is 39.2. The first-order chi connectivity index (χ1) is 13.9. The molecule has 3 fully saturated rings. The van der Waals surface area contributed by atoms with Crippen LogP contribution in [0.3, 0.4) is 0 Å². The first-order valence-corrected chi connectivity index (χ1v) is 10.5. The molecule has 4 amide bonds. The SMILES string of the molecule is COc1ccc(C(NC(=O)CN2C(=O)NC3(CCC(C)CC3)C2=O)C2CC2)cc1. The highest BCUT2D eigenvalue weighted by Gasteiger charge is 2.52. The number of amides is 4. The fraction of sp³-hybridized carbons (Fsp3) is 0.591. The Morgan fingerprint density at radius 2 is 1.86 bits per heavy atom. The lowest BCUT2D eigenvalue weighted by atomic mass is 9.77. The van der Waals surface area contributed by atoms with Gasteiger partial charge in [0.1, 0.15) is 17.8 Å². The Bertz CT molecular complexity index is 795. The molecule has 1 spiro atoms. The van der Waals surface area contributed by atoms with E-state index in [0.29, 0.717) is 24.7 Å². The van der Waals surface area contributed by atoms with Gasteiger partial charge in [-0.1, -0.05) is 19.1 Å². The predicted octanol–water partition coefficient (Wildman–Crippen LogP) is 2.76. The highest BCUT2D eigenvalue weighted by Crippen LogP contribution is 2.41. The van der Waals surface area contributed by atoms with Crippen LogP contribution in [0.5, 0.6) is 5.75 Å². The number of ether oxygens (including phenoxy) is 1. The number of hydrogen-bond acceptors (Lipinski definition) is 4. The Kier molecular flexibility index (Phi) is 5.23. The van der Waals surface area contributed by atoms with E-state index in [0.717, 1.165) is 41.9 Å². The Hall–Kier alpha value is -2.57. The van der Waals surface area contributed by atoms with Crippen molar-refractivity contribution in [1.82, 2.24) is 15.5 Å². The number of methoxy groups -OCH3 is 1. The molecular formula is C22H29N3O4. The number of carbonyl (C=O) groups excluding carboxylic acids is 3. The van der Waals surface area contributed by atoms with Crippen LogP contribution < -0.4 is 15.4 Å². The second-order valence-corrected chi connectivity index (χ2v) is 8.74. The summed E-state index contributed by atoms with van der Waals surface area (Å²) >= 11 is 0. The molecule has 7 nitrogen and oxygen atoms in total. The third-order valence-corrected chi connectivity index (χ3v) is 6.56. The van der Waals surface area contributed by atoms with Crippen LogP contribution in [0.15, 0.2) is 24.3 Å². The van der Waals surface area contributed by atoms with Crippen molar-refractivity contribution in [1.29, 1.82) is 0 Å². The molecule has 1 heterocycles. The molecule has 0 bridgehead atoms. The molecule has 1 saturated heterocycles. The first-order valence-electron chi connectivity index (χ1n) is 10.5. The molecule has 1 unspecified atom stereocenters. The highest BCUT2D eigenvalue weighted by molar-refractivity contribution is 6.09. The maximum atomic E-state index is 13.0. The minimum absolute atomic E-state index is 0.112. The molecule has 2 saturated carbocycles. The first kappa shape index (κ1) is 19.7. The zero-order valence-electron chi connectivity index (χ0n) is 17.1. The summed E-state index contributed by atoms with van der Waals surface area (Å²) in [5.41, 5.74) is 0.201. The summed E-state index contributed by atoms with van der Waals surface area (Å²) in [6.45, 7) is 1.93. The zero-order valence-corrected chi connectivity index (χ0v) is 17.1. The largest absolute Gasteiger partial charge is 0.497 e. The van der Waals surface area contributed by atoms with Gasteiger partial charge in [-0.25, -0.2) is 4.79 Å². The fourth-order valence-electron chi connectivity index (χ4n) is 4.49. The molecule has 1 aromatic rings. The second kappa shape index (κ2) is 7.69. The quantitative estimate of drug-likeness (QED) is 0.720. The van der Waals surface area contributed by atoms with Crippen molar-refractivity contribution >= 4 is 17.8 Å². The molecule has 1 aromatic carbocycles. The van der Waals surface area contributed by atoms with Crippen LogP contribution >= 0.6 is 0 Å². The van der Waals surface area contributed by atoms with Gasteiger partial charge in [-0.15, -0.1) is 0 Å². The molecule has 1 aliphatic heterocycles.